The number of aryl methyl sites for hydroxylation is 1. The lowest BCUT2D eigenvalue weighted by molar-refractivity contribution is -0.134. The van der Waals surface area contributed by atoms with Gasteiger partial charge in [0.2, 0.25) is 5.91 Å². The second-order valence-electron chi connectivity index (χ2n) is 6.22. The molecule has 1 aromatic carbocycles. The summed E-state index contributed by atoms with van der Waals surface area (Å²) in [5.41, 5.74) is 1.33. The Balaban J connectivity index is 1.74. The number of nitrogens with zero attached hydrogens (tertiary/aromatic N) is 1. The molecule has 2 N–H and O–H groups in total. The van der Waals surface area contributed by atoms with Crippen LogP contribution in [0.25, 0.3) is 0 Å². The van der Waals surface area contributed by atoms with Gasteiger partial charge in [-0.05, 0) is 50.1 Å². The molecule has 2 heterocycles. The van der Waals surface area contributed by atoms with Crippen LogP contribution in [0.3, 0.4) is 0 Å². The van der Waals surface area contributed by atoms with Gasteiger partial charge in [0.15, 0.2) is 5.54 Å². The molecule has 1 saturated heterocycles. The van der Waals surface area contributed by atoms with Crippen molar-refractivity contribution in [3.8, 4) is 0 Å². The van der Waals surface area contributed by atoms with Crippen LogP contribution >= 0.6 is 0 Å². The second-order valence-corrected chi connectivity index (χ2v) is 6.22. The topological polar surface area (TPSA) is 91.7 Å². The molecule has 0 unspecified atom stereocenters. The zero-order valence-corrected chi connectivity index (χ0v) is 14.3. The molecule has 1 fully saturated rings. The van der Waals surface area contributed by atoms with Crippen molar-refractivity contribution >= 4 is 23.5 Å². The highest BCUT2D eigenvalue weighted by atomic mass is 16.3. The molecule has 1 aromatic heterocycles. The molecule has 25 heavy (non-hydrogen) atoms. The van der Waals surface area contributed by atoms with Crippen molar-refractivity contribution < 1.29 is 18.8 Å². The third kappa shape index (κ3) is 2.88. The number of hydrogen-bond donors (Lipinski definition) is 2. The molecule has 1 atom stereocenters. The Bertz CT molecular complexity index is 844. The first-order valence-corrected chi connectivity index (χ1v) is 7.87. The van der Waals surface area contributed by atoms with Crippen molar-refractivity contribution in [2.75, 3.05) is 11.9 Å². The maximum Gasteiger partial charge on any atom is 0.325 e. The first kappa shape index (κ1) is 16.8. The SMILES string of the molecule is Cc1cccc(NC(=O)CN2C(=O)N[C@](C)(c3ccco3)C2=O)c1C. The highest BCUT2D eigenvalue weighted by Crippen LogP contribution is 2.29. The summed E-state index contributed by atoms with van der Waals surface area (Å²) in [5.74, 6) is -0.646. The molecule has 0 bridgehead atoms. The average molecular weight is 341 g/mol. The van der Waals surface area contributed by atoms with E-state index in [4.69, 9.17) is 4.42 Å². The van der Waals surface area contributed by atoms with Crippen LogP contribution in [0.5, 0.6) is 0 Å². The van der Waals surface area contributed by atoms with Gasteiger partial charge in [0.1, 0.15) is 12.3 Å². The minimum absolute atomic E-state index is 0.322. The largest absolute Gasteiger partial charge is 0.466 e. The number of carbonyl (C=O) groups excluding carboxylic acids is 3. The lowest BCUT2D eigenvalue weighted by Gasteiger charge is -2.19. The van der Waals surface area contributed by atoms with Gasteiger partial charge in [0, 0.05) is 5.69 Å². The number of nitrogens with one attached hydrogen (secondary N) is 2. The predicted molar refractivity (Wildman–Crippen MR) is 90.9 cm³/mol. The highest BCUT2D eigenvalue weighted by molar-refractivity contribution is 6.10. The van der Waals surface area contributed by atoms with Gasteiger partial charge in [-0.25, -0.2) is 4.79 Å². The quantitative estimate of drug-likeness (QED) is 0.835. The molecule has 7 heteroatoms. The van der Waals surface area contributed by atoms with Crippen LogP contribution in [0.1, 0.15) is 23.8 Å². The monoisotopic (exact) mass is 341 g/mol. The van der Waals surface area contributed by atoms with Crippen molar-refractivity contribution in [3.05, 3.63) is 53.5 Å². The number of furan rings is 1. The molecular formula is C18H19N3O4. The van der Waals surface area contributed by atoms with Crippen molar-refractivity contribution in [3.63, 3.8) is 0 Å². The number of hydrogen-bond acceptors (Lipinski definition) is 4. The van der Waals surface area contributed by atoms with Gasteiger partial charge in [-0.15, -0.1) is 0 Å². The maximum absolute atomic E-state index is 12.6. The fourth-order valence-corrected chi connectivity index (χ4v) is 2.79. The Morgan fingerprint density at radius 2 is 2.00 bits per heavy atom. The van der Waals surface area contributed by atoms with Gasteiger partial charge in [0.05, 0.1) is 6.26 Å². The van der Waals surface area contributed by atoms with Crippen LogP contribution in [0.15, 0.2) is 41.0 Å². The van der Waals surface area contributed by atoms with Crippen molar-refractivity contribution in [2.45, 2.75) is 26.3 Å². The standard InChI is InChI=1S/C18H19N3O4/c1-11-6-4-7-13(12(11)2)19-15(22)10-21-16(23)18(3,20-17(21)24)14-8-5-9-25-14/h4-9H,10H2,1-3H3,(H,19,22)(H,20,24)/t18-/m1/s1. The molecule has 130 valence electrons. The second kappa shape index (κ2) is 6.08. The number of rotatable bonds is 4. The maximum atomic E-state index is 12.6. The van der Waals surface area contributed by atoms with Crippen LogP contribution in [0, 0.1) is 13.8 Å². The Labute approximate surface area is 145 Å². The minimum Gasteiger partial charge on any atom is -0.466 e. The number of imide groups is 1. The number of amides is 4. The van der Waals surface area contributed by atoms with Crippen LogP contribution in [0.4, 0.5) is 10.5 Å². The zero-order chi connectivity index (χ0) is 18.2. The molecular weight excluding hydrogens is 322 g/mol. The third-order valence-corrected chi connectivity index (χ3v) is 4.47. The summed E-state index contributed by atoms with van der Waals surface area (Å²) >= 11 is 0. The summed E-state index contributed by atoms with van der Waals surface area (Å²) in [4.78, 5) is 38.0. The summed E-state index contributed by atoms with van der Waals surface area (Å²) in [5, 5.41) is 5.33. The Morgan fingerprint density at radius 1 is 1.24 bits per heavy atom. The minimum atomic E-state index is -1.31. The molecule has 0 saturated carbocycles. The first-order chi connectivity index (χ1) is 11.8. The summed E-state index contributed by atoms with van der Waals surface area (Å²) in [7, 11) is 0. The van der Waals surface area contributed by atoms with Crippen molar-refractivity contribution in [1.29, 1.82) is 0 Å². The van der Waals surface area contributed by atoms with E-state index < -0.39 is 23.4 Å². The predicted octanol–water partition coefficient (Wildman–Crippen LogP) is 2.30. The van der Waals surface area contributed by atoms with E-state index in [-0.39, 0.29) is 6.54 Å². The number of anilines is 1. The van der Waals surface area contributed by atoms with E-state index in [0.29, 0.717) is 11.4 Å². The van der Waals surface area contributed by atoms with Crippen LogP contribution in [-0.4, -0.2) is 29.3 Å². The number of benzene rings is 1. The summed E-state index contributed by atoms with van der Waals surface area (Å²) in [6, 6.07) is 8.17. The fourth-order valence-electron chi connectivity index (χ4n) is 2.79. The number of carbonyl (C=O) groups is 3. The van der Waals surface area contributed by atoms with Crippen molar-refractivity contribution in [2.24, 2.45) is 0 Å². The van der Waals surface area contributed by atoms with Gasteiger partial charge >= 0.3 is 6.03 Å². The van der Waals surface area contributed by atoms with E-state index >= 15 is 0 Å². The molecule has 1 aliphatic rings. The van der Waals surface area contributed by atoms with Crippen molar-refractivity contribution in [1.82, 2.24) is 10.2 Å². The van der Waals surface area contributed by atoms with Gasteiger partial charge in [-0.1, -0.05) is 12.1 Å². The van der Waals surface area contributed by atoms with E-state index in [2.05, 4.69) is 10.6 Å². The van der Waals surface area contributed by atoms with Crippen LogP contribution in [0.2, 0.25) is 0 Å². The van der Waals surface area contributed by atoms with Crippen LogP contribution in [-0.2, 0) is 15.1 Å². The number of urea groups is 1. The van der Waals surface area contributed by atoms with Gasteiger partial charge < -0.3 is 15.1 Å². The molecule has 2 aromatic rings. The summed E-state index contributed by atoms with van der Waals surface area (Å²) in [6.45, 7) is 5.02. The van der Waals surface area contributed by atoms with Gasteiger partial charge in [0.25, 0.3) is 5.91 Å². The molecule has 1 aliphatic heterocycles. The first-order valence-electron chi connectivity index (χ1n) is 7.87. The molecule has 0 aliphatic carbocycles. The highest BCUT2D eigenvalue weighted by Gasteiger charge is 2.51. The van der Waals surface area contributed by atoms with Gasteiger partial charge in [-0.2, -0.15) is 0 Å². The van der Waals surface area contributed by atoms with E-state index in [0.717, 1.165) is 16.0 Å². The molecule has 7 nitrogen and oxygen atoms in total. The summed E-state index contributed by atoms with van der Waals surface area (Å²) in [6.07, 6.45) is 1.43. The van der Waals surface area contributed by atoms with Gasteiger partial charge in [-0.3, -0.25) is 14.5 Å². The van der Waals surface area contributed by atoms with E-state index in [1.54, 1.807) is 25.1 Å². The third-order valence-electron chi connectivity index (χ3n) is 4.47. The Morgan fingerprint density at radius 3 is 2.68 bits per heavy atom. The lowest BCUT2D eigenvalue weighted by Crippen LogP contribution is -2.41. The molecule has 4 amide bonds. The summed E-state index contributed by atoms with van der Waals surface area (Å²) < 4.78 is 5.25. The van der Waals surface area contributed by atoms with E-state index in [9.17, 15) is 14.4 Å². The molecule has 3 rings (SSSR count). The smallest absolute Gasteiger partial charge is 0.325 e. The average Bonchev–Trinajstić information content (AvgIpc) is 3.17. The Hall–Kier alpha value is -3.09. The fraction of sp³-hybridized carbons (Fsp3) is 0.278. The zero-order valence-electron chi connectivity index (χ0n) is 14.3. The van der Waals surface area contributed by atoms with E-state index in [1.165, 1.54) is 6.26 Å². The Kier molecular flexibility index (Phi) is 4.08. The molecule has 0 spiro atoms. The lowest BCUT2D eigenvalue weighted by atomic mass is 9.99. The van der Waals surface area contributed by atoms with Crippen LogP contribution < -0.4 is 10.6 Å². The normalized spacial score (nSPS) is 19.9. The van der Waals surface area contributed by atoms with E-state index in [1.807, 2.05) is 26.0 Å². The molecule has 0 radical (unpaired) electrons.